The molecule has 4 nitrogen and oxygen atoms in total. The van der Waals surface area contributed by atoms with E-state index in [1.54, 1.807) is 28.6 Å². The molecule has 0 saturated carbocycles. The van der Waals surface area contributed by atoms with E-state index in [9.17, 15) is 0 Å². The lowest BCUT2D eigenvalue weighted by atomic mass is 10.4. The lowest BCUT2D eigenvalue weighted by Crippen LogP contribution is -1.92. The third kappa shape index (κ3) is 2.42. The van der Waals surface area contributed by atoms with E-state index in [1.165, 1.54) is 11.3 Å². The van der Waals surface area contributed by atoms with Crippen LogP contribution in [0.1, 0.15) is 5.82 Å². The fourth-order valence-electron chi connectivity index (χ4n) is 1.28. The zero-order valence-corrected chi connectivity index (χ0v) is 11.5. The van der Waals surface area contributed by atoms with Crippen molar-refractivity contribution in [3.05, 3.63) is 27.9 Å². The van der Waals surface area contributed by atoms with Gasteiger partial charge in [-0.15, -0.1) is 21.5 Å². The first-order valence-corrected chi connectivity index (χ1v) is 7.74. The van der Waals surface area contributed by atoms with Crippen LogP contribution < -0.4 is 0 Å². The molecule has 0 aliphatic heterocycles. The van der Waals surface area contributed by atoms with Crippen LogP contribution in [0.15, 0.2) is 21.3 Å². The van der Waals surface area contributed by atoms with Gasteiger partial charge in [-0.05, 0) is 11.4 Å². The quantitative estimate of drug-likeness (QED) is 0.547. The molecule has 0 unspecified atom stereocenters. The summed E-state index contributed by atoms with van der Waals surface area (Å²) in [5, 5.41) is 11.1. The summed E-state index contributed by atoms with van der Waals surface area (Å²) in [5.74, 6) is 1.38. The molecular weight excluding hydrogens is 296 g/mol. The van der Waals surface area contributed by atoms with Gasteiger partial charge in [0.25, 0.3) is 0 Å². The Balaban J connectivity index is 1.85. The largest absolute Gasteiger partial charge is 0.221 e. The lowest BCUT2D eigenvalue weighted by Gasteiger charge is -1.99. The van der Waals surface area contributed by atoms with Crippen molar-refractivity contribution in [2.75, 3.05) is 0 Å². The van der Waals surface area contributed by atoms with Crippen LogP contribution in [-0.4, -0.2) is 20.2 Å². The Labute approximate surface area is 114 Å². The second-order valence-electron chi connectivity index (χ2n) is 3.06. The number of aromatic nitrogens is 4. The first kappa shape index (κ1) is 11.3. The van der Waals surface area contributed by atoms with Crippen LogP contribution in [-0.2, 0) is 5.75 Å². The summed E-state index contributed by atoms with van der Waals surface area (Å²) in [4.78, 5) is 9.65. The summed E-state index contributed by atoms with van der Waals surface area (Å²) >= 11 is 10.7. The Morgan fingerprint density at radius 1 is 1.29 bits per heavy atom. The number of hydrogen-bond donors (Lipinski definition) is 0. The Bertz CT molecular complexity index is 637. The SMILES string of the molecule is Clc1nc(CSc2nncs2)nc2sccc12. The maximum absolute atomic E-state index is 6.09. The molecule has 3 aromatic rings. The minimum absolute atomic E-state index is 0.518. The summed E-state index contributed by atoms with van der Waals surface area (Å²) in [5.41, 5.74) is 1.71. The summed E-state index contributed by atoms with van der Waals surface area (Å²) in [6.07, 6.45) is 0. The van der Waals surface area contributed by atoms with Gasteiger partial charge in [-0.2, -0.15) is 0 Å². The van der Waals surface area contributed by atoms with E-state index in [2.05, 4.69) is 20.2 Å². The van der Waals surface area contributed by atoms with Gasteiger partial charge in [0, 0.05) is 5.39 Å². The summed E-state index contributed by atoms with van der Waals surface area (Å²) < 4.78 is 0.913. The van der Waals surface area contributed by atoms with Crippen LogP contribution in [0.5, 0.6) is 0 Å². The fourth-order valence-corrected chi connectivity index (χ4v) is 3.71. The monoisotopic (exact) mass is 300 g/mol. The van der Waals surface area contributed by atoms with Crippen LogP contribution in [0.4, 0.5) is 0 Å². The smallest absolute Gasteiger partial charge is 0.174 e. The first-order chi connectivity index (χ1) is 8.33. The van der Waals surface area contributed by atoms with Crippen LogP contribution in [0.3, 0.4) is 0 Å². The minimum atomic E-state index is 0.518. The van der Waals surface area contributed by atoms with E-state index in [0.717, 1.165) is 20.4 Å². The third-order valence-corrected chi connectivity index (χ3v) is 4.94. The van der Waals surface area contributed by atoms with Gasteiger partial charge < -0.3 is 0 Å². The molecule has 0 fully saturated rings. The highest BCUT2D eigenvalue weighted by Gasteiger charge is 2.08. The maximum atomic E-state index is 6.09. The van der Waals surface area contributed by atoms with E-state index < -0.39 is 0 Å². The molecule has 86 valence electrons. The average Bonchev–Trinajstić information content (AvgIpc) is 2.97. The van der Waals surface area contributed by atoms with E-state index in [1.807, 2.05) is 11.4 Å². The maximum Gasteiger partial charge on any atom is 0.174 e. The number of hydrogen-bond acceptors (Lipinski definition) is 7. The van der Waals surface area contributed by atoms with Crippen molar-refractivity contribution in [3.8, 4) is 0 Å². The molecule has 3 aromatic heterocycles. The Hall–Kier alpha value is -0.760. The van der Waals surface area contributed by atoms with Gasteiger partial charge >= 0.3 is 0 Å². The van der Waals surface area contributed by atoms with Gasteiger partial charge in [-0.3, -0.25) is 0 Å². The van der Waals surface area contributed by atoms with Gasteiger partial charge in [-0.1, -0.05) is 34.7 Å². The zero-order valence-electron chi connectivity index (χ0n) is 8.33. The lowest BCUT2D eigenvalue weighted by molar-refractivity contribution is 1.01. The zero-order chi connectivity index (χ0) is 11.7. The van der Waals surface area contributed by atoms with Gasteiger partial charge in [0.1, 0.15) is 21.3 Å². The van der Waals surface area contributed by atoms with Crippen LogP contribution in [0.25, 0.3) is 10.2 Å². The Morgan fingerprint density at radius 3 is 3.06 bits per heavy atom. The molecule has 0 atom stereocenters. The normalized spacial score (nSPS) is 11.1. The second kappa shape index (κ2) is 4.85. The van der Waals surface area contributed by atoms with Gasteiger partial charge in [-0.25, -0.2) is 9.97 Å². The van der Waals surface area contributed by atoms with Crippen molar-refractivity contribution in [2.45, 2.75) is 10.1 Å². The van der Waals surface area contributed by atoms with E-state index in [4.69, 9.17) is 11.6 Å². The molecule has 17 heavy (non-hydrogen) atoms. The minimum Gasteiger partial charge on any atom is -0.221 e. The van der Waals surface area contributed by atoms with Crippen molar-refractivity contribution in [1.29, 1.82) is 0 Å². The standard InChI is InChI=1S/C9H5ClN4S3/c10-7-5-1-2-15-8(5)13-6(12-7)3-16-9-14-11-4-17-9/h1-2,4H,3H2. The molecule has 0 amide bonds. The van der Waals surface area contributed by atoms with E-state index in [0.29, 0.717) is 10.9 Å². The summed E-state index contributed by atoms with van der Waals surface area (Å²) in [6, 6.07) is 1.93. The highest BCUT2D eigenvalue weighted by atomic mass is 35.5. The van der Waals surface area contributed by atoms with Crippen molar-refractivity contribution < 1.29 is 0 Å². The number of thioether (sulfide) groups is 1. The van der Waals surface area contributed by atoms with Crippen LogP contribution in [0.2, 0.25) is 5.15 Å². The molecule has 8 heteroatoms. The molecule has 0 saturated heterocycles. The van der Waals surface area contributed by atoms with Gasteiger partial charge in [0.05, 0.1) is 5.75 Å². The Kier molecular flexibility index (Phi) is 3.24. The topological polar surface area (TPSA) is 51.6 Å². The van der Waals surface area contributed by atoms with Gasteiger partial charge in [0.15, 0.2) is 4.34 Å². The molecule has 0 aliphatic carbocycles. The predicted molar refractivity (Wildman–Crippen MR) is 71.9 cm³/mol. The summed E-state index contributed by atoms with van der Waals surface area (Å²) in [6.45, 7) is 0. The molecular formula is C9H5ClN4S3. The number of rotatable bonds is 3. The average molecular weight is 301 g/mol. The molecule has 0 spiro atoms. The third-order valence-electron chi connectivity index (χ3n) is 1.99. The number of fused-ring (bicyclic) bond motifs is 1. The first-order valence-electron chi connectivity index (χ1n) is 4.61. The molecule has 3 rings (SSSR count). The molecule has 0 radical (unpaired) electrons. The number of halogens is 1. The van der Waals surface area contributed by atoms with Crippen LogP contribution in [0, 0.1) is 0 Å². The summed E-state index contributed by atoms with van der Waals surface area (Å²) in [7, 11) is 0. The van der Waals surface area contributed by atoms with Crippen LogP contribution >= 0.6 is 46.0 Å². The van der Waals surface area contributed by atoms with E-state index in [-0.39, 0.29) is 0 Å². The Morgan fingerprint density at radius 2 is 2.24 bits per heavy atom. The highest BCUT2D eigenvalue weighted by Crippen LogP contribution is 2.27. The van der Waals surface area contributed by atoms with Crippen molar-refractivity contribution in [2.24, 2.45) is 0 Å². The van der Waals surface area contributed by atoms with Crippen molar-refractivity contribution in [3.63, 3.8) is 0 Å². The van der Waals surface area contributed by atoms with Crippen molar-refractivity contribution >= 4 is 56.3 Å². The molecule has 0 aliphatic rings. The molecule has 0 bridgehead atoms. The predicted octanol–water partition coefficient (Wildman–Crippen LogP) is 3.49. The molecule has 0 aromatic carbocycles. The van der Waals surface area contributed by atoms with Crippen molar-refractivity contribution in [1.82, 2.24) is 20.2 Å². The highest BCUT2D eigenvalue weighted by molar-refractivity contribution is 8.00. The molecule has 3 heterocycles. The fraction of sp³-hybridized carbons (Fsp3) is 0.111. The number of nitrogens with zero attached hydrogens (tertiary/aromatic N) is 4. The van der Waals surface area contributed by atoms with E-state index >= 15 is 0 Å². The number of thiophene rings is 1. The van der Waals surface area contributed by atoms with Gasteiger partial charge in [0.2, 0.25) is 0 Å². The second-order valence-corrected chi connectivity index (χ2v) is 6.37. The molecule has 0 N–H and O–H groups in total.